The molecule has 0 amide bonds. The van der Waals surface area contributed by atoms with Crippen molar-refractivity contribution in [3.8, 4) is 11.8 Å². The summed E-state index contributed by atoms with van der Waals surface area (Å²) in [5.74, 6) is 7.41. The lowest BCUT2D eigenvalue weighted by molar-refractivity contribution is 0.0900. The maximum atomic E-state index is 10.8. The fourth-order valence-electron chi connectivity index (χ4n) is 3.26. The zero-order valence-corrected chi connectivity index (χ0v) is 13.2. The summed E-state index contributed by atoms with van der Waals surface area (Å²) >= 11 is 0. The Kier molecular flexibility index (Phi) is 6.83. The first-order valence-electron chi connectivity index (χ1n) is 8.54. The fourth-order valence-corrected chi connectivity index (χ4v) is 3.26. The van der Waals surface area contributed by atoms with Crippen LogP contribution in [0.15, 0.2) is 30.3 Å². The van der Waals surface area contributed by atoms with Crippen LogP contribution in [0.5, 0.6) is 0 Å². The second kappa shape index (κ2) is 8.90. The predicted octanol–water partition coefficient (Wildman–Crippen LogP) is 5.11. The minimum atomic E-state index is -0.441. The van der Waals surface area contributed by atoms with Gasteiger partial charge in [0, 0.05) is 6.42 Å². The number of aliphatic hydroxyl groups is 1. The van der Waals surface area contributed by atoms with Crippen LogP contribution < -0.4 is 0 Å². The zero-order chi connectivity index (χ0) is 14.9. The van der Waals surface area contributed by atoms with Crippen LogP contribution in [-0.2, 0) is 0 Å². The summed E-state index contributed by atoms with van der Waals surface area (Å²) in [6.07, 6.45) is 9.22. The van der Waals surface area contributed by atoms with Crippen molar-refractivity contribution < 1.29 is 5.11 Å². The first kappa shape index (κ1) is 16.1. The molecule has 2 atom stereocenters. The van der Waals surface area contributed by atoms with Gasteiger partial charge in [0.05, 0.1) is 12.0 Å². The van der Waals surface area contributed by atoms with E-state index in [-0.39, 0.29) is 5.92 Å². The van der Waals surface area contributed by atoms with E-state index in [4.69, 9.17) is 0 Å². The summed E-state index contributed by atoms with van der Waals surface area (Å²) in [7, 11) is 0. The van der Waals surface area contributed by atoms with Gasteiger partial charge >= 0.3 is 0 Å². The number of benzene rings is 1. The van der Waals surface area contributed by atoms with Crippen molar-refractivity contribution in [2.75, 3.05) is 0 Å². The Bertz CT molecular complexity index is 448. The highest BCUT2D eigenvalue weighted by Crippen LogP contribution is 2.36. The van der Waals surface area contributed by atoms with Crippen molar-refractivity contribution in [1.82, 2.24) is 0 Å². The molecule has 1 nitrogen and oxygen atoms in total. The van der Waals surface area contributed by atoms with Gasteiger partial charge in [0.15, 0.2) is 0 Å². The molecule has 114 valence electrons. The molecule has 1 heteroatoms. The van der Waals surface area contributed by atoms with E-state index in [1.807, 2.05) is 30.3 Å². The van der Waals surface area contributed by atoms with Crippen LogP contribution in [-0.4, -0.2) is 5.11 Å². The second-order valence-electron chi connectivity index (χ2n) is 6.20. The van der Waals surface area contributed by atoms with Crippen LogP contribution in [0.1, 0.15) is 70.0 Å². The summed E-state index contributed by atoms with van der Waals surface area (Å²) in [6, 6.07) is 10.0. The molecule has 1 saturated carbocycles. The molecule has 1 aromatic carbocycles. The Balaban J connectivity index is 2.11. The molecule has 0 spiro atoms. The van der Waals surface area contributed by atoms with E-state index < -0.39 is 6.10 Å². The predicted molar refractivity (Wildman–Crippen MR) is 88.8 cm³/mol. The number of hydrogen-bond acceptors (Lipinski definition) is 1. The maximum absolute atomic E-state index is 10.8. The first-order valence-corrected chi connectivity index (χ1v) is 8.54. The van der Waals surface area contributed by atoms with E-state index in [2.05, 4.69) is 18.8 Å². The van der Waals surface area contributed by atoms with E-state index in [1.54, 1.807) is 0 Å². The van der Waals surface area contributed by atoms with Gasteiger partial charge < -0.3 is 5.11 Å². The van der Waals surface area contributed by atoms with Gasteiger partial charge in [-0.3, -0.25) is 0 Å². The molecule has 2 rings (SSSR count). The maximum Gasteiger partial charge on any atom is 0.0930 e. The van der Waals surface area contributed by atoms with E-state index in [1.165, 1.54) is 38.5 Å². The summed E-state index contributed by atoms with van der Waals surface area (Å²) in [4.78, 5) is 0. The number of hydrogen-bond donors (Lipinski definition) is 1. The van der Waals surface area contributed by atoms with Crippen LogP contribution in [0, 0.1) is 23.7 Å². The summed E-state index contributed by atoms with van der Waals surface area (Å²) < 4.78 is 0. The number of aliphatic hydroxyl groups excluding tert-OH is 1. The molecule has 1 N–H and O–H groups in total. The summed E-state index contributed by atoms with van der Waals surface area (Å²) in [6.45, 7) is 2.19. The van der Waals surface area contributed by atoms with Gasteiger partial charge in [0.2, 0.25) is 0 Å². The smallest absolute Gasteiger partial charge is 0.0930 e. The van der Waals surface area contributed by atoms with Crippen LogP contribution in [0.2, 0.25) is 0 Å². The lowest BCUT2D eigenvalue weighted by atomic mass is 9.76. The van der Waals surface area contributed by atoms with Gasteiger partial charge in [-0.1, -0.05) is 68.9 Å². The molecular weight excluding hydrogens is 256 g/mol. The summed E-state index contributed by atoms with van der Waals surface area (Å²) in [5, 5.41) is 10.8. The van der Waals surface area contributed by atoms with Gasteiger partial charge in [-0.25, -0.2) is 0 Å². The molecular formula is C20H28O. The lowest BCUT2D eigenvalue weighted by Crippen LogP contribution is -2.23. The van der Waals surface area contributed by atoms with Crippen molar-refractivity contribution >= 4 is 0 Å². The van der Waals surface area contributed by atoms with Crippen molar-refractivity contribution in [3.63, 3.8) is 0 Å². The Morgan fingerprint density at radius 2 is 1.86 bits per heavy atom. The topological polar surface area (TPSA) is 20.2 Å². The Morgan fingerprint density at radius 1 is 1.14 bits per heavy atom. The van der Waals surface area contributed by atoms with Gasteiger partial charge in [-0.2, -0.15) is 0 Å². The van der Waals surface area contributed by atoms with Crippen molar-refractivity contribution in [2.45, 2.75) is 64.4 Å². The Labute approximate surface area is 129 Å². The fraction of sp³-hybridized carbons (Fsp3) is 0.600. The van der Waals surface area contributed by atoms with Gasteiger partial charge in [-0.05, 0) is 30.7 Å². The highest BCUT2D eigenvalue weighted by Gasteiger charge is 2.28. The second-order valence-corrected chi connectivity index (χ2v) is 6.20. The lowest BCUT2D eigenvalue weighted by Gasteiger charge is -2.30. The van der Waals surface area contributed by atoms with Gasteiger partial charge in [0.1, 0.15) is 0 Å². The quantitative estimate of drug-likeness (QED) is 0.588. The average Bonchev–Trinajstić information content (AvgIpc) is 2.56. The van der Waals surface area contributed by atoms with Crippen LogP contribution in [0.25, 0.3) is 0 Å². The van der Waals surface area contributed by atoms with E-state index in [9.17, 15) is 5.11 Å². The van der Waals surface area contributed by atoms with Crippen molar-refractivity contribution in [3.05, 3.63) is 35.9 Å². The Morgan fingerprint density at radius 3 is 2.52 bits per heavy atom. The third-order valence-corrected chi connectivity index (χ3v) is 4.56. The highest BCUT2D eigenvalue weighted by atomic mass is 16.3. The molecule has 0 aromatic heterocycles. The normalized spacial score (nSPS) is 18.6. The SMILES string of the molecule is CCCCC#C[C@H](C1CCCCC1)[C@H](O)c1ccccc1. The highest BCUT2D eigenvalue weighted by molar-refractivity contribution is 5.22. The molecule has 0 saturated heterocycles. The van der Waals surface area contributed by atoms with Gasteiger partial charge in [0.25, 0.3) is 0 Å². The third-order valence-electron chi connectivity index (χ3n) is 4.56. The molecule has 0 radical (unpaired) electrons. The van der Waals surface area contributed by atoms with Crippen LogP contribution >= 0.6 is 0 Å². The van der Waals surface area contributed by atoms with E-state index >= 15 is 0 Å². The minimum Gasteiger partial charge on any atom is -0.387 e. The standard InChI is InChI=1S/C20H28O/c1-2-3-4-11-16-19(17-12-7-5-8-13-17)20(21)18-14-9-6-10-15-18/h6,9-10,14-15,17,19-21H,2-5,7-8,12-13H2,1H3/t19-,20-/m1/s1. The third kappa shape index (κ3) is 4.90. The first-order chi connectivity index (χ1) is 10.3. The average molecular weight is 284 g/mol. The minimum absolute atomic E-state index is 0.101. The largest absolute Gasteiger partial charge is 0.387 e. The molecule has 21 heavy (non-hydrogen) atoms. The molecule has 0 heterocycles. The van der Waals surface area contributed by atoms with E-state index in [0.29, 0.717) is 5.92 Å². The van der Waals surface area contributed by atoms with Crippen LogP contribution in [0.3, 0.4) is 0 Å². The molecule has 0 unspecified atom stereocenters. The van der Waals surface area contributed by atoms with Crippen molar-refractivity contribution in [1.29, 1.82) is 0 Å². The molecule has 1 aliphatic rings. The van der Waals surface area contributed by atoms with E-state index in [0.717, 1.165) is 18.4 Å². The summed E-state index contributed by atoms with van der Waals surface area (Å²) in [5.41, 5.74) is 1.01. The molecule has 0 bridgehead atoms. The molecule has 1 fully saturated rings. The van der Waals surface area contributed by atoms with Crippen molar-refractivity contribution in [2.24, 2.45) is 11.8 Å². The monoisotopic (exact) mass is 284 g/mol. The van der Waals surface area contributed by atoms with Gasteiger partial charge in [-0.15, -0.1) is 5.92 Å². The number of unbranched alkanes of at least 4 members (excludes halogenated alkanes) is 2. The molecule has 1 aliphatic carbocycles. The Hall–Kier alpha value is -1.26. The van der Waals surface area contributed by atoms with Crippen LogP contribution in [0.4, 0.5) is 0 Å². The molecule has 1 aromatic rings. The molecule has 0 aliphatic heterocycles. The number of rotatable bonds is 5. The zero-order valence-electron chi connectivity index (χ0n) is 13.2.